The Hall–Kier alpha value is -3.09. The third kappa shape index (κ3) is 5.29. The topological polar surface area (TPSA) is 36.4 Å². The van der Waals surface area contributed by atoms with Crippen LogP contribution in [0.15, 0.2) is 77.6 Å². The molecule has 6 heteroatoms. The van der Waals surface area contributed by atoms with Crippen molar-refractivity contribution < 1.29 is 9.18 Å². The van der Waals surface area contributed by atoms with Crippen molar-refractivity contribution in [3.63, 3.8) is 0 Å². The number of piperidine rings is 1. The lowest BCUT2D eigenvalue weighted by atomic mass is 9.84. The molecule has 2 aromatic heterocycles. The van der Waals surface area contributed by atoms with Gasteiger partial charge in [-0.1, -0.05) is 36.4 Å². The van der Waals surface area contributed by atoms with Crippen LogP contribution in [0, 0.1) is 11.7 Å². The molecule has 1 amide bonds. The summed E-state index contributed by atoms with van der Waals surface area (Å²) in [5.41, 5.74) is 3.70. The number of pyridine rings is 1. The van der Waals surface area contributed by atoms with Crippen LogP contribution >= 0.6 is 11.3 Å². The maximum atomic E-state index is 14.6. The van der Waals surface area contributed by atoms with Crippen molar-refractivity contribution in [2.24, 2.45) is 5.92 Å². The highest BCUT2D eigenvalue weighted by atomic mass is 32.1. The van der Waals surface area contributed by atoms with Crippen molar-refractivity contribution in [2.45, 2.75) is 31.8 Å². The lowest BCUT2D eigenvalue weighted by molar-refractivity contribution is 0.0584. The number of hydrogen-bond donors (Lipinski definition) is 0. The van der Waals surface area contributed by atoms with Crippen molar-refractivity contribution in [3.05, 3.63) is 100 Å². The molecule has 0 saturated carbocycles. The summed E-state index contributed by atoms with van der Waals surface area (Å²) in [6, 6.07) is 19.2. The standard InChI is InChI=1S/C29H30FN3OS/c1-32(29(34)24-13-17-35-20-24)28(18-22-6-2-3-9-26(22)30)21-11-15-33(16-12-21)19-23-7-4-10-27-25(23)8-5-14-31-27/h2-10,13-14,17,20-21,28H,11-12,15-16,18-19H2,1H3. The molecule has 1 unspecified atom stereocenters. The Morgan fingerprint density at radius 2 is 1.89 bits per heavy atom. The van der Waals surface area contributed by atoms with E-state index in [2.05, 4.69) is 34.1 Å². The van der Waals surface area contributed by atoms with E-state index in [1.807, 2.05) is 53.2 Å². The molecule has 0 N–H and O–H groups in total. The van der Waals surface area contributed by atoms with E-state index in [9.17, 15) is 9.18 Å². The molecule has 1 saturated heterocycles. The van der Waals surface area contributed by atoms with Crippen molar-refractivity contribution in [3.8, 4) is 0 Å². The minimum atomic E-state index is -0.198. The maximum Gasteiger partial charge on any atom is 0.254 e. The van der Waals surface area contributed by atoms with Crippen LogP contribution in [-0.2, 0) is 13.0 Å². The molecule has 2 aromatic carbocycles. The second-order valence-corrected chi connectivity index (χ2v) is 10.2. The van der Waals surface area contributed by atoms with Crippen LogP contribution in [0.5, 0.6) is 0 Å². The molecule has 4 nitrogen and oxygen atoms in total. The van der Waals surface area contributed by atoms with Gasteiger partial charge < -0.3 is 4.90 Å². The van der Waals surface area contributed by atoms with Crippen LogP contribution in [0.2, 0.25) is 0 Å². The van der Waals surface area contributed by atoms with E-state index >= 15 is 0 Å². The van der Waals surface area contributed by atoms with Crippen LogP contribution in [0.4, 0.5) is 4.39 Å². The number of thiophene rings is 1. The van der Waals surface area contributed by atoms with E-state index in [1.165, 1.54) is 28.4 Å². The lowest BCUT2D eigenvalue weighted by Crippen LogP contribution is -2.47. The average Bonchev–Trinajstić information content (AvgIpc) is 3.43. The average molecular weight is 488 g/mol. The van der Waals surface area contributed by atoms with Gasteiger partial charge in [0.1, 0.15) is 5.82 Å². The molecule has 180 valence electrons. The number of nitrogens with zero attached hydrogens (tertiary/aromatic N) is 3. The highest BCUT2D eigenvalue weighted by Gasteiger charge is 2.32. The van der Waals surface area contributed by atoms with Gasteiger partial charge in [-0.3, -0.25) is 14.7 Å². The van der Waals surface area contributed by atoms with Gasteiger partial charge in [0.2, 0.25) is 0 Å². The fraction of sp³-hybridized carbons (Fsp3) is 0.310. The Balaban J connectivity index is 1.31. The van der Waals surface area contributed by atoms with Crippen LogP contribution in [-0.4, -0.2) is 46.9 Å². The SMILES string of the molecule is CN(C(=O)c1ccsc1)C(Cc1ccccc1F)C1CCN(Cc2cccc3ncccc23)CC1. The second kappa shape index (κ2) is 10.7. The largest absolute Gasteiger partial charge is 0.338 e. The number of likely N-dealkylation sites (tertiary alicyclic amines) is 1. The molecule has 4 aromatic rings. The number of aromatic nitrogens is 1. The van der Waals surface area contributed by atoms with Gasteiger partial charge in [-0.15, -0.1) is 0 Å². The predicted octanol–water partition coefficient (Wildman–Crippen LogP) is 6.03. The quantitative estimate of drug-likeness (QED) is 0.319. The van der Waals surface area contributed by atoms with Crippen LogP contribution in [0.25, 0.3) is 10.9 Å². The molecule has 0 radical (unpaired) electrons. The van der Waals surface area contributed by atoms with Crippen LogP contribution < -0.4 is 0 Å². The summed E-state index contributed by atoms with van der Waals surface area (Å²) < 4.78 is 14.6. The molecule has 1 atom stereocenters. The van der Waals surface area contributed by atoms with Crippen molar-refractivity contribution in [1.82, 2.24) is 14.8 Å². The Bertz CT molecular complexity index is 1280. The molecule has 1 fully saturated rings. The molecule has 1 aliphatic heterocycles. The van der Waals surface area contributed by atoms with Crippen molar-refractivity contribution >= 4 is 28.1 Å². The summed E-state index contributed by atoms with van der Waals surface area (Å²) in [4.78, 5) is 22.0. The third-order valence-corrected chi connectivity index (χ3v) is 7.96. The summed E-state index contributed by atoms with van der Waals surface area (Å²) in [6.07, 6.45) is 4.31. The van der Waals surface area contributed by atoms with E-state index in [4.69, 9.17) is 0 Å². The van der Waals surface area contributed by atoms with E-state index in [1.54, 1.807) is 6.07 Å². The predicted molar refractivity (Wildman–Crippen MR) is 140 cm³/mol. The minimum Gasteiger partial charge on any atom is -0.338 e. The second-order valence-electron chi connectivity index (χ2n) is 9.39. The minimum absolute atomic E-state index is 0.0123. The first kappa shape index (κ1) is 23.6. The first-order valence-corrected chi connectivity index (χ1v) is 13.1. The number of rotatable bonds is 7. The van der Waals surface area contributed by atoms with Crippen molar-refractivity contribution in [2.75, 3.05) is 20.1 Å². The summed E-state index contributed by atoms with van der Waals surface area (Å²) in [5.74, 6) is 0.127. The number of fused-ring (bicyclic) bond motifs is 1. The summed E-state index contributed by atoms with van der Waals surface area (Å²) >= 11 is 1.52. The van der Waals surface area contributed by atoms with E-state index in [0.29, 0.717) is 23.5 Å². The van der Waals surface area contributed by atoms with Gasteiger partial charge in [-0.2, -0.15) is 11.3 Å². The lowest BCUT2D eigenvalue weighted by Gasteiger charge is -2.40. The maximum absolute atomic E-state index is 14.6. The van der Waals surface area contributed by atoms with Crippen LogP contribution in [0.3, 0.4) is 0 Å². The molecule has 0 aliphatic carbocycles. The van der Waals surface area contributed by atoms with Gasteiger partial charge >= 0.3 is 0 Å². The van der Waals surface area contributed by atoms with Gasteiger partial charge in [0.15, 0.2) is 0 Å². The van der Waals surface area contributed by atoms with E-state index in [0.717, 1.165) is 38.0 Å². The highest BCUT2D eigenvalue weighted by Crippen LogP contribution is 2.29. The molecule has 1 aliphatic rings. The smallest absolute Gasteiger partial charge is 0.254 e. The van der Waals surface area contributed by atoms with Crippen molar-refractivity contribution in [1.29, 1.82) is 0 Å². The molecule has 35 heavy (non-hydrogen) atoms. The number of likely N-dealkylation sites (N-methyl/N-ethyl adjacent to an activating group) is 1. The molecule has 5 rings (SSSR count). The van der Waals surface area contributed by atoms with Crippen LogP contribution in [0.1, 0.15) is 34.3 Å². The molecule has 0 spiro atoms. The number of hydrogen-bond acceptors (Lipinski definition) is 4. The zero-order chi connectivity index (χ0) is 24.2. The number of halogens is 1. The zero-order valence-electron chi connectivity index (χ0n) is 19.9. The number of carbonyl (C=O) groups excluding carboxylic acids is 1. The number of benzene rings is 2. The Morgan fingerprint density at radius 1 is 1.09 bits per heavy atom. The zero-order valence-corrected chi connectivity index (χ0v) is 20.8. The van der Waals surface area contributed by atoms with E-state index in [-0.39, 0.29) is 17.8 Å². The van der Waals surface area contributed by atoms with Gasteiger partial charge in [0, 0.05) is 36.6 Å². The first-order valence-electron chi connectivity index (χ1n) is 12.2. The fourth-order valence-electron chi connectivity index (χ4n) is 5.29. The molecule has 0 bridgehead atoms. The van der Waals surface area contributed by atoms with Gasteiger partial charge in [-0.25, -0.2) is 4.39 Å². The summed E-state index contributed by atoms with van der Waals surface area (Å²) in [7, 11) is 1.88. The molecule has 3 heterocycles. The summed E-state index contributed by atoms with van der Waals surface area (Å²) in [6.45, 7) is 2.79. The highest BCUT2D eigenvalue weighted by molar-refractivity contribution is 7.08. The first-order chi connectivity index (χ1) is 17.1. The molecular formula is C29H30FN3OS. The van der Waals surface area contributed by atoms with E-state index < -0.39 is 0 Å². The van der Waals surface area contributed by atoms with Gasteiger partial charge in [0.05, 0.1) is 11.1 Å². The Kier molecular flexibility index (Phi) is 7.21. The monoisotopic (exact) mass is 487 g/mol. The summed E-state index contributed by atoms with van der Waals surface area (Å²) in [5, 5.41) is 5.02. The fourth-order valence-corrected chi connectivity index (χ4v) is 5.92. The third-order valence-electron chi connectivity index (χ3n) is 7.28. The van der Waals surface area contributed by atoms with Gasteiger partial charge in [0.25, 0.3) is 5.91 Å². The normalized spacial score (nSPS) is 15.8. The number of amides is 1. The van der Waals surface area contributed by atoms with Gasteiger partial charge in [-0.05, 0) is 79.0 Å². The number of carbonyl (C=O) groups is 1. The molecular weight excluding hydrogens is 457 g/mol. The Labute approximate surface area is 210 Å². The Morgan fingerprint density at radius 3 is 2.66 bits per heavy atom.